The molecule has 0 atom stereocenters. The Balaban J connectivity index is 1.62. The fourth-order valence-electron chi connectivity index (χ4n) is 2.83. The molecule has 0 radical (unpaired) electrons. The number of oxime groups is 1. The summed E-state index contributed by atoms with van der Waals surface area (Å²) in [4.78, 5) is 5.32. The van der Waals surface area contributed by atoms with Gasteiger partial charge >= 0.3 is 0 Å². The van der Waals surface area contributed by atoms with Crippen molar-refractivity contribution in [2.75, 3.05) is 13.2 Å². The lowest BCUT2D eigenvalue weighted by Crippen LogP contribution is -1.99. The summed E-state index contributed by atoms with van der Waals surface area (Å²) in [6.07, 6.45) is 3.20. The van der Waals surface area contributed by atoms with E-state index in [1.165, 1.54) is 0 Å². The fraction of sp³-hybridized carbons (Fsp3) is 0.280. The molecule has 0 saturated heterocycles. The summed E-state index contributed by atoms with van der Waals surface area (Å²) >= 11 is 11.1. The van der Waals surface area contributed by atoms with Crippen LogP contribution in [0.25, 0.3) is 0 Å². The van der Waals surface area contributed by atoms with Crippen molar-refractivity contribution in [3.05, 3.63) is 70.4 Å². The molecule has 0 saturated carbocycles. The summed E-state index contributed by atoms with van der Waals surface area (Å²) < 4.78 is 19.3. The average Bonchev–Trinajstić information content (AvgIpc) is 3.05. The molecule has 180 valence electrons. The van der Waals surface area contributed by atoms with Gasteiger partial charge in [-0.05, 0) is 67.4 Å². The van der Waals surface area contributed by atoms with Crippen LogP contribution in [-0.4, -0.2) is 29.2 Å². The van der Waals surface area contributed by atoms with Crippen LogP contribution in [0.1, 0.15) is 25.1 Å². The minimum atomic E-state index is 0.172. The Morgan fingerprint density at radius 2 is 1.53 bits per heavy atom. The van der Waals surface area contributed by atoms with E-state index < -0.39 is 0 Å². The molecule has 34 heavy (non-hydrogen) atoms. The van der Waals surface area contributed by atoms with Gasteiger partial charge in [0.2, 0.25) is 5.88 Å². The lowest BCUT2D eigenvalue weighted by Gasteiger charge is -2.10. The van der Waals surface area contributed by atoms with Crippen molar-refractivity contribution >= 4 is 29.4 Å². The largest absolute Gasteiger partial charge is 0.489 e. The van der Waals surface area contributed by atoms with E-state index in [2.05, 4.69) is 24.1 Å². The van der Waals surface area contributed by atoms with E-state index in [4.69, 9.17) is 42.3 Å². The van der Waals surface area contributed by atoms with Crippen LogP contribution in [0, 0.1) is 12.8 Å². The first kappa shape index (κ1) is 25.5. The first-order valence-corrected chi connectivity index (χ1v) is 11.5. The molecule has 0 aliphatic carbocycles. The third-order valence-electron chi connectivity index (χ3n) is 4.46. The Labute approximate surface area is 209 Å². The predicted octanol–water partition coefficient (Wildman–Crippen LogP) is 7.02. The number of ether oxygens (including phenoxy) is 3. The van der Waals surface area contributed by atoms with Gasteiger partial charge in [-0.2, -0.15) is 5.10 Å². The van der Waals surface area contributed by atoms with Crippen LogP contribution in [0.5, 0.6) is 28.9 Å². The van der Waals surface area contributed by atoms with E-state index in [0.29, 0.717) is 48.0 Å². The van der Waals surface area contributed by atoms with E-state index >= 15 is 0 Å². The highest BCUT2D eigenvalue weighted by molar-refractivity contribution is 6.55. The van der Waals surface area contributed by atoms with Crippen molar-refractivity contribution in [3.63, 3.8) is 0 Å². The van der Waals surface area contributed by atoms with Crippen LogP contribution < -0.4 is 14.2 Å². The van der Waals surface area contributed by atoms with Crippen LogP contribution in [-0.2, 0) is 11.9 Å². The van der Waals surface area contributed by atoms with Gasteiger partial charge in [-0.1, -0.05) is 42.2 Å². The number of benzene rings is 2. The van der Waals surface area contributed by atoms with Gasteiger partial charge in [-0.25, -0.2) is 4.68 Å². The number of hydrogen-bond acceptors (Lipinski definition) is 6. The lowest BCUT2D eigenvalue weighted by atomic mass is 10.2. The molecule has 0 fully saturated rings. The number of halogens is 2. The number of nitrogens with zero attached hydrogens (tertiary/aromatic N) is 3. The second kappa shape index (κ2) is 12.3. The van der Waals surface area contributed by atoms with Crippen LogP contribution in [0.4, 0.5) is 0 Å². The minimum absolute atomic E-state index is 0.172. The molecule has 9 heteroatoms. The molecule has 0 spiro atoms. The van der Waals surface area contributed by atoms with Gasteiger partial charge in [0.05, 0.1) is 17.5 Å². The number of aromatic nitrogens is 2. The van der Waals surface area contributed by atoms with Crippen molar-refractivity contribution in [1.82, 2.24) is 9.78 Å². The van der Waals surface area contributed by atoms with Crippen LogP contribution >= 0.6 is 23.2 Å². The quantitative estimate of drug-likeness (QED) is 0.207. The lowest BCUT2D eigenvalue weighted by molar-refractivity contribution is 0.120. The monoisotopic (exact) mass is 503 g/mol. The van der Waals surface area contributed by atoms with Gasteiger partial charge in [0.25, 0.3) is 0 Å². The summed E-state index contributed by atoms with van der Waals surface area (Å²) in [6, 6.07) is 14.6. The third kappa shape index (κ3) is 7.71. The second-order valence-corrected chi connectivity index (χ2v) is 8.81. The molecule has 0 aliphatic heterocycles. The van der Waals surface area contributed by atoms with E-state index in [-0.39, 0.29) is 4.49 Å². The van der Waals surface area contributed by atoms with Crippen molar-refractivity contribution < 1.29 is 19.0 Å². The Hall–Kier alpha value is -3.16. The minimum Gasteiger partial charge on any atom is -0.489 e. The van der Waals surface area contributed by atoms with E-state index in [9.17, 15) is 0 Å². The van der Waals surface area contributed by atoms with Gasteiger partial charge in [0.15, 0.2) is 0 Å². The van der Waals surface area contributed by atoms with Gasteiger partial charge < -0.3 is 19.0 Å². The molecule has 3 aromatic rings. The molecular formula is C25H27Cl2N3O4. The summed E-state index contributed by atoms with van der Waals surface area (Å²) in [5.41, 5.74) is 1.56. The Morgan fingerprint density at radius 3 is 2.09 bits per heavy atom. The maximum atomic E-state index is 6.07. The van der Waals surface area contributed by atoms with Crippen LogP contribution in [0.15, 0.2) is 64.3 Å². The zero-order chi connectivity index (χ0) is 24.5. The molecule has 0 N–H and O–H groups in total. The highest BCUT2D eigenvalue weighted by Crippen LogP contribution is 2.29. The zero-order valence-corrected chi connectivity index (χ0v) is 21.0. The van der Waals surface area contributed by atoms with Crippen molar-refractivity contribution in [2.24, 2.45) is 18.1 Å². The molecule has 0 unspecified atom stereocenters. The highest BCUT2D eigenvalue weighted by Gasteiger charge is 2.14. The number of hydrogen-bond donors (Lipinski definition) is 0. The Morgan fingerprint density at radius 1 is 0.971 bits per heavy atom. The van der Waals surface area contributed by atoms with Gasteiger partial charge in [0, 0.05) is 7.05 Å². The first-order valence-electron chi connectivity index (χ1n) is 10.7. The molecular weight excluding hydrogens is 477 g/mol. The number of rotatable bonds is 11. The molecule has 0 amide bonds. The van der Waals surface area contributed by atoms with Crippen LogP contribution in [0.3, 0.4) is 0 Å². The summed E-state index contributed by atoms with van der Waals surface area (Å²) in [7, 11) is 1.82. The summed E-state index contributed by atoms with van der Waals surface area (Å²) in [6.45, 7) is 6.86. The molecule has 2 aromatic carbocycles. The number of aryl methyl sites for hydroxylation is 2. The summed E-state index contributed by atoms with van der Waals surface area (Å²) in [5, 5.41) is 8.47. The molecule has 1 aromatic heterocycles. The van der Waals surface area contributed by atoms with E-state index in [0.717, 1.165) is 11.3 Å². The highest BCUT2D eigenvalue weighted by atomic mass is 35.5. The maximum absolute atomic E-state index is 6.07. The molecule has 0 bridgehead atoms. The fourth-order valence-corrected chi connectivity index (χ4v) is 2.96. The maximum Gasteiger partial charge on any atom is 0.226 e. The Bertz CT molecular complexity index is 1120. The normalized spacial score (nSPS) is 11.0. The Kier molecular flexibility index (Phi) is 9.24. The standard InChI is InChI=1S/C25H27Cl2N3O4/c1-17(2)16-32-28-15-23-18(3)29-30(4)25(23)34-22-11-9-21(10-12-22)33-20-7-5-19(6-8-20)31-14-13-24(26)27/h5-13,15,17H,14,16H2,1-4H3. The van der Waals surface area contributed by atoms with Gasteiger partial charge in [0.1, 0.15) is 40.7 Å². The van der Waals surface area contributed by atoms with Crippen molar-refractivity contribution in [1.29, 1.82) is 0 Å². The zero-order valence-electron chi connectivity index (χ0n) is 19.5. The van der Waals surface area contributed by atoms with Crippen molar-refractivity contribution in [2.45, 2.75) is 20.8 Å². The molecule has 7 nitrogen and oxygen atoms in total. The van der Waals surface area contributed by atoms with Crippen molar-refractivity contribution in [3.8, 4) is 28.9 Å². The molecule has 3 rings (SSSR count). The molecule has 0 aliphatic rings. The molecule has 1 heterocycles. The van der Waals surface area contributed by atoms with E-state index in [1.807, 2.05) is 62.5 Å². The first-order chi connectivity index (χ1) is 16.3. The average molecular weight is 504 g/mol. The SMILES string of the molecule is Cc1nn(C)c(Oc2ccc(Oc3ccc(OCC=C(Cl)Cl)cc3)cc2)c1C=NOCC(C)C. The topological polar surface area (TPSA) is 67.1 Å². The second-order valence-electron chi connectivity index (χ2n) is 7.80. The third-order valence-corrected chi connectivity index (χ3v) is 4.77. The summed E-state index contributed by atoms with van der Waals surface area (Å²) in [5.74, 6) is 3.64. The van der Waals surface area contributed by atoms with E-state index in [1.54, 1.807) is 17.0 Å². The van der Waals surface area contributed by atoms with Gasteiger partial charge in [-0.15, -0.1) is 0 Å². The predicted molar refractivity (Wildman–Crippen MR) is 135 cm³/mol. The van der Waals surface area contributed by atoms with Gasteiger partial charge in [-0.3, -0.25) is 0 Å². The van der Waals surface area contributed by atoms with Crippen LogP contribution in [0.2, 0.25) is 0 Å². The smallest absolute Gasteiger partial charge is 0.226 e.